The zero-order valence-electron chi connectivity index (χ0n) is 22.9. The van der Waals surface area contributed by atoms with Crippen molar-refractivity contribution in [2.24, 2.45) is 17.8 Å². The van der Waals surface area contributed by atoms with Crippen LogP contribution in [-0.2, 0) is 25.7 Å². The number of fused-ring (bicyclic) bond motifs is 4. The van der Waals surface area contributed by atoms with Gasteiger partial charge < -0.3 is 24.8 Å². The third-order valence-electron chi connectivity index (χ3n) is 8.80. The fourth-order valence-corrected chi connectivity index (χ4v) is 6.55. The molecule has 3 unspecified atom stereocenters. The number of alkyl carbamates (subject to hydrolysis) is 1. The zero-order valence-corrected chi connectivity index (χ0v) is 22.9. The molecule has 8 heteroatoms. The first kappa shape index (κ1) is 27.0. The van der Waals surface area contributed by atoms with Crippen LogP contribution >= 0.6 is 0 Å². The summed E-state index contributed by atoms with van der Waals surface area (Å²) in [6, 6.07) is 24.9. The Balaban J connectivity index is 1.14. The number of ether oxygens (including phenoxy) is 2. The molecule has 3 aromatic rings. The molecule has 0 radical (unpaired) electrons. The molecule has 2 aliphatic carbocycles. The number of nitrogens with zero attached hydrogens (tertiary/aromatic N) is 1. The SMILES string of the molecule is CC(OCc1ccccc1)C(NC(=O)OCC1c2ccccc2-c2ccccc21)C(=O)N1CC[C@@H]2C(C(=O)O)[C@@H]2C1. The topological polar surface area (TPSA) is 105 Å². The van der Waals surface area contributed by atoms with Gasteiger partial charge in [0.1, 0.15) is 12.6 Å². The first-order valence-electron chi connectivity index (χ1n) is 14.2. The normalized spacial score (nSPS) is 22.1. The lowest BCUT2D eigenvalue weighted by atomic mass is 9.98. The van der Waals surface area contributed by atoms with Crippen LogP contribution in [0.1, 0.15) is 36.0 Å². The minimum absolute atomic E-state index is 0.0409. The van der Waals surface area contributed by atoms with E-state index in [1.54, 1.807) is 11.8 Å². The molecule has 0 aromatic heterocycles. The molecule has 1 saturated carbocycles. The molecule has 3 aromatic carbocycles. The Bertz CT molecular complexity index is 1400. The fraction of sp³-hybridized carbons (Fsp3) is 0.364. The van der Waals surface area contributed by atoms with Crippen LogP contribution in [0.25, 0.3) is 11.1 Å². The molecule has 3 aliphatic rings. The molecule has 6 rings (SSSR count). The summed E-state index contributed by atoms with van der Waals surface area (Å²) in [7, 11) is 0. The molecule has 5 atom stereocenters. The van der Waals surface area contributed by atoms with Gasteiger partial charge in [-0.05, 0) is 53.0 Å². The van der Waals surface area contributed by atoms with E-state index in [1.807, 2.05) is 54.6 Å². The molecule has 2 fully saturated rings. The second-order valence-corrected chi connectivity index (χ2v) is 11.2. The predicted octanol–water partition coefficient (Wildman–Crippen LogP) is 4.68. The van der Waals surface area contributed by atoms with E-state index < -0.39 is 30.1 Å². The Labute approximate surface area is 239 Å². The number of carboxylic acid groups (broad SMARTS) is 1. The van der Waals surface area contributed by atoms with Crippen LogP contribution < -0.4 is 5.32 Å². The lowest BCUT2D eigenvalue weighted by Crippen LogP contribution is -2.55. The molecule has 8 nitrogen and oxygen atoms in total. The Morgan fingerprint density at radius 2 is 1.56 bits per heavy atom. The summed E-state index contributed by atoms with van der Waals surface area (Å²) in [4.78, 5) is 40.1. The summed E-state index contributed by atoms with van der Waals surface area (Å²) in [5.41, 5.74) is 5.44. The van der Waals surface area contributed by atoms with Crippen LogP contribution in [-0.4, -0.2) is 59.8 Å². The predicted molar refractivity (Wildman–Crippen MR) is 152 cm³/mol. The van der Waals surface area contributed by atoms with E-state index in [0.717, 1.165) is 27.8 Å². The van der Waals surface area contributed by atoms with Gasteiger partial charge in [-0.15, -0.1) is 0 Å². The highest BCUT2D eigenvalue weighted by Crippen LogP contribution is 2.51. The number of hydrogen-bond donors (Lipinski definition) is 2. The van der Waals surface area contributed by atoms with Crippen LogP contribution in [0, 0.1) is 17.8 Å². The zero-order chi connectivity index (χ0) is 28.5. The summed E-state index contributed by atoms with van der Waals surface area (Å²) >= 11 is 0. The Morgan fingerprint density at radius 3 is 2.22 bits per heavy atom. The second-order valence-electron chi connectivity index (χ2n) is 11.2. The summed E-state index contributed by atoms with van der Waals surface area (Å²) in [5.74, 6) is -1.50. The van der Waals surface area contributed by atoms with Crippen molar-refractivity contribution in [3.8, 4) is 11.1 Å². The first-order chi connectivity index (χ1) is 19.9. The molecular formula is C33H34N2O6. The molecule has 2 N–H and O–H groups in total. The minimum atomic E-state index is -0.979. The maximum absolute atomic E-state index is 13.7. The first-order valence-corrected chi connectivity index (χ1v) is 14.2. The van der Waals surface area contributed by atoms with Gasteiger partial charge in [-0.2, -0.15) is 0 Å². The Morgan fingerprint density at radius 1 is 0.927 bits per heavy atom. The highest BCUT2D eigenvalue weighted by atomic mass is 16.5. The number of carbonyl (C=O) groups excluding carboxylic acids is 2. The van der Waals surface area contributed by atoms with Crippen molar-refractivity contribution in [3.63, 3.8) is 0 Å². The second kappa shape index (κ2) is 11.4. The number of piperidine rings is 1. The minimum Gasteiger partial charge on any atom is -0.481 e. The molecule has 0 spiro atoms. The summed E-state index contributed by atoms with van der Waals surface area (Å²) < 4.78 is 11.8. The number of carbonyl (C=O) groups is 3. The van der Waals surface area contributed by atoms with E-state index in [0.29, 0.717) is 19.5 Å². The smallest absolute Gasteiger partial charge is 0.407 e. The van der Waals surface area contributed by atoms with Crippen LogP contribution in [0.4, 0.5) is 4.79 Å². The standard InChI is InChI=1S/C33H34N2O6/c1-20(40-18-21-9-3-2-4-10-21)30(31(36)35-16-15-26-27(17-35)29(26)32(37)38)34-33(39)41-19-28-24-13-7-5-11-22(24)23-12-6-8-14-25(23)28/h2-14,20,26-30H,15-19H2,1H3,(H,34,39)(H,37,38)/t20?,26-,27+,29?,30?/m0/s1. The average Bonchev–Trinajstić information content (AvgIpc) is 3.65. The van der Waals surface area contributed by atoms with Gasteiger partial charge in [0.05, 0.1) is 18.6 Å². The Hall–Kier alpha value is -4.17. The quantitative estimate of drug-likeness (QED) is 0.398. The Kier molecular flexibility index (Phi) is 7.49. The molecule has 212 valence electrons. The van der Waals surface area contributed by atoms with E-state index >= 15 is 0 Å². The van der Waals surface area contributed by atoms with Crippen molar-refractivity contribution in [1.82, 2.24) is 10.2 Å². The van der Waals surface area contributed by atoms with E-state index in [1.165, 1.54) is 0 Å². The van der Waals surface area contributed by atoms with E-state index in [-0.39, 0.29) is 36.9 Å². The average molecular weight is 555 g/mol. The molecule has 41 heavy (non-hydrogen) atoms. The van der Waals surface area contributed by atoms with Crippen molar-refractivity contribution >= 4 is 18.0 Å². The number of likely N-dealkylation sites (tertiary alicyclic amines) is 1. The molecular weight excluding hydrogens is 520 g/mol. The number of hydrogen-bond acceptors (Lipinski definition) is 5. The number of aliphatic carboxylic acids is 1. The van der Waals surface area contributed by atoms with Gasteiger partial charge in [0.25, 0.3) is 0 Å². The molecule has 0 bridgehead atoms. The third-order valence-corrected chi connectivity index (χ3v) is 8.80. The van der Waals surface area contributed by atoms with Crippen molar-refractivity contribution in [3.05, 3.63) is 95.6 Å². The molecule has 1 saturated heterocycles. The third kappa shape index (κ3) is 5.44. The van der Waals surface area contributed by atoms with Crippen LogP contribution in [0.3, 0.4) is 0 Å². The maximum Gasteiger partial charge on any atom is 0.407 e. The molecule has 1 aliphatic heterocycles. The van der Waals surface area contributed by atoms with Gasteiger partial charge in [0, 0.05) is 19.0 Å². The van der Waals surface area contributed by atoms with Gasteiger partial charge in [-0.3, -0.25) is 9.59 Å². The fourth-order valence-electron chi connectivity index (χ4n) is 6.55. The van der Waals surface area contributed by atoms with Crippen molar-refractivity contribution < 1.29 is 29.0 Å². The van der Waals surface area contributed by atoms with Gasteiger partial charge in [-0.1, -0.05) is 78.9 Å². The van der Waals surface area contributed by atoms with E-state index in [2.05, 4.69) is 29.6 Å². The highest BCUT2D eigenvalue weighted by Gasteiger charge is 2.57. The van der Waals surface area contributed by atoms with Gasteiger partial charge in [0.2, 0.25) is 5.91 Å². The maximum atomic E-state index is 13.7. The lowest BCUT2D eigenvalue weighted by Gasteiger charge is -2.32. The van der Waals surface area contributed by atoms with Gasteiger partial charge >= 0.3 is 12.1 Å². The number of carboxylic acids is 1. The number of rotatable bonds is 9. The summed E-state index contributed by atoms with van der Waals surface area (Å²) in [5, 5.41) is 12.3. The summed E-state index contributed by atoms with van der Waals surface area (Å²) in [6.07, 6.45) is -0.690. The van der Waals surface area contributed by atoms with Crippen LogP contribution in [0.5, 0.6) is 0 Å². The lowest BCUT2D eigenvalue weighted by molar-refractivity contribution is -0.140. The van der Waals surface area contributed by atoms with Crippen molar-refractivity contribution in [1.29, 1.82) is 0 Å². The summed E-state index contributed by atoms with van der Waals surface area (Å²) in [6.45, 7) is 3.00. The molecule has 2 amide bonds. The van der Waals surface area contributed by atoms with Crippen LogP contribution in [0.15, 0.2) is 78.9 Å². The number of nitrogens with one attached hydrogen (secondary N) is 1. The van der Waals surface area contributed by atoms with E-state index in [4.69, 9.17) is 9.47 Å². The molecule has 1 heterocycles. The van der Waals surface area contributed by atoms with Crippen molar-refractivity contribution in [2.75, 3.05) is 19.7 Å². The highest BCUT2D eigenvalue weighted by molar-refractivity contribution is 5.87. The van der Waals surface area contributed by atoms with Gasteiger partial charge in [0.15, 0.2) is 0 Å². The monoisotopic (exact) mass is 554 g/mol. The van der Waals surface area contributed by atoms with Crippen LogP contribution in [0.2, 0.25) is 0 Å². The van der Waals surface area contributed by atoms with E-state index in [9.17, 15) is 19.5 Å². The van der Waals surface area contributed by atoms with Crippen molar-refractivity contribution in [2.45, 2.75) is 38.0 Å². The number of benzene rings is 3. The largest absolute Gasteiger partial charge is 0.481 e. The van der Waals surface area contributed by atoms with Gasteiger partial charge in [-0.25, -0.2) is 4.79 Å². The number of amides is 2.